The predicted molar refractivity (Wildman–Crippen MR) is 49.9 cm³/mol. The maximum atomic E-state index is 12.9. The zero-order valence-electron chi connectivity index (χ0n) is 6.30. The smallest absolute Gasteiger partial charge is 0.212 e. The van der Waals surface area contributed by atoms with Gasteiger partial charge >= 0.3 is 0 Å². The summed E-state index contributed by atoms with van der Waals surface area (Å²) in [4.78, 5) is 0. The van der Waals surface area contributed by atoms with Crippen molar-refractivity contribution in [2.24, 2.45) is 0 Å². The molecule has 0 unspecified atom stereocenters. The molecule has 0 heterocycles. The maximum Gasteiger partial charge on any atom is 0.236 e. The van der Waals surface area contributed by atoms with E-state index in [0.29, 0.717) is 0 Å². The molecule has 6 heteroatoms. The predicted octanol–water partition coefficient (Wildman–Crippen LogP) is 2.55. The lowest BCUT2D eigenvalue weighted by molar-refractivity contribution is 0.597. The maximum absolute atomic E-state index is 12.9. The van der Waals surface area contributed by atoms with Crippen LogP contribution in [-0.4, -0.2) is 8.42 Å². The first kappa shape index (κ1) is 10.8. The van der Waals surface area contributed by atoms with Gasteiger partial charge in [0.25, 0.3) is 0 Å². The van der Waals surface area contributed by atoms with Crippen LogP contribution < -0.4 is 0 Å². The molecule has 1 rings (SSSR count). The molecule has 0 radical (unpaired) electrons. The molecule has 0 saturated carbocycles. The minimum atomic E-state index is -3.74. The van der Waals surface area contributed by atoms with Gasteiger partial charge in [0.05, 0.1) is 5.75 Å². The molecule has 72 valence electrons. The summed E-state index contributed by atoms with van der Waals surface area (Å²) in [5.74, 6) is -1.19. The quantitative estimate of drug-likeness (QED) is 0.748. The molecule has 0 aliphatic heterocycles. The van der Waals surface area contributed by atoms with E-state index in [0.717, 1.165) is 6.07 Å². The second-order valence-corrected chi connectivity index (χ2v) is 5.63. The summed E-state index contributed by atoms with van der Waals surface area (Å²) in [6.07, 6.45) is 0. The molecule has 1 aromatic rings. The largest absolute Gasteiger partial charge is 0.236 e. The highest BCUT2D eigenvalue weighted by Gasteiger charge is 2.11. The van der Waals surface area contributed by atoms with Crippen molar-refractivity contribution in [1.82, 2.24) is 0 Å². The van der Waals surface area contributed by atoms with E-state index in [1.54, 1.807) is 0 Å². The van der Waals surface area contributed by atoms with Gasteiger partial charge in [-0.15, -0.1) is 0 Å². The Hall–Kier alpha value is -0.320. The molecule has 2 nitrogen and oxygen atoms in total. The molecule has 0 spiro atoms. The summed E-state index contributed by atoms with van der Waals surface area (Å²) in [6.45, 7) is 0. The first-order valence-corrected chi connectivity index (χ1v) is 6.10. The van der Waals surface area contributed by atoms with Gasteiger partial charge in [-0.2, -0.15) is 0 Å². The lowest BCUT2D eigenvalue weighted by atomic mass is 10.2. The van der Waals surface area contributed by atoms with Crippen LogP contribution in [0.15, 0.2) is 18.2 Å². The SMILES string of the molecule is O=S(=O)(Cl)Cc1cc(Cl)ccc1F. The molecule has 1 aromatic carbocycles. The number of hydrogen-bond donors (Lipinski definition) is 0. The van der Waals surface area contributed by atoms with Gasteiger partial charge in [0, 0.05) is 21.3 Å². The van der Waals surface area contributed by atoms with E-state index in [4.69, 9.17) is 22.3 Å². The van der Waals surface area contributed by atoms with Crippen molar-refractivity contribution in [3.05, 3.63) is 34.6 Å². The third kappa shape index (κ3) is 3.50. The number of hydrogen-bond acceptors (Lipinski definition) is 2. The normalized spacial score (nSPS) is 11.6. The highest BCUT2D eigenvalue weighted by Crippen LogP contribution is 2.18. The third-order valence-corrected chi connectivity index (χ3v) is 2.55. The summed E-state index contributed by atoms with van der Waals surface area (Å²) < 4.78 is 34.2. The van der Waals surface area contributed by atoms with Crippen molar-refractivity contribution in [2.45, 2.75) is 5.75 Å². The van der Waals surface area contributed by atoms with Gasteiger partial charge in [-0.25, -0.2) is 12.8 Å². The Labute approximate surface area is 84.7 Å². The number of rotatable bonds is 2. The molecule has 0 aliphatic carbocycles. The van der Waals surface area contributed by atoms with Crippen LogP contribution in [0.1, 0.15) is 5.56 Å². The number of benzene rings is 1. The summed E-state index contributed by atoms with van der Waals surface area (Å²) in [6, 6.07) is 3.66. The summed E-state index contributed by atoms with van der Waals surface area (Å²) in [5, 5.41) is 0.275. The van der Waals surface area contributed by atoms with E-state index in [-0.39, 0.29) is 10.6 Å². The molecular formula is C7H5Cl2FO2S. The van der Waals surface area contributed by atoms with Crippen LogP contribution in [0.4, 0.5) is 4.39 Å². The number of halogens is 3. The van der Waals surface area contributed by atoms with E-state index >= 15 is 0 Å². The molecule has 0 saturated heterocycles. The average molecular weight is 243 g/mol. The van der Waals surface area contributed by atoms with E-state index in [1.807, 2.05) is 0 Å². The molecule has 0 atom stereocenters. The van der Waals surface area contributed by atoms with Crippen molar-refractivity contribution in [2.75, 3.05) is 0 Å². The Morgan fingerprint density at radius 3 is 2.54 bits per heavy atom. The fraction of sp³-hybridized carbons (Fsp3) is 0.143. The van der Waals surface area contributed by atoms with Gasteiger partial charge in [-0.05, 0) is 18.2 Å². The molecular weight excluding hydrogens is 238 g/mol. The van der Waals surface area contributed by atoms with Crippen LogP contribution in [0.5, 0.6) is 0 Å². The highest BCUT2D eigenvalue weighted by molar-refractivity contribution is 8.13. The minimum absolute atomic E-state index is 0.0255. The molecule has 0 aromatic heterocycles. The first-order chi connectivity index (χ1) is 5.88. The van der Waals surface area contributed by atoms with Crippen LogP contribution in [0.2, 0.25) is 5.02 Å². The van der Waals surface area contributed by atoms with Gasteiger partial charge < -0.3 is 0 Å². The summed E-state index contributed by atoms with van der Waals surface area (Å²) in [7, 11) is 1.21. The molecule has 0 amide bonds. The van der Waals surface area contributed by atoms with Crippen molar-refractivity contribution >= 4 is 31.3 Å². The fourth-order valence-corrected chi connectivity index (χ4v) is 1.98. The molecule has 0 N–H and O–H groups in total. The second kappa shape index (κ2) is 3.82. The third-order valence-electron chi connectivity index (χ3n) is 1.34. The van der Waals surface area contributed by atoms with E-state index in [1.165, 1.54) is 12.1 Å². The zero-order valence-corrected chi connectivity index (χ0v) is 8.63. The molecule has 0 fully saturated rings. The van der Waals surface area contributed by atoms with Gasteiger partial charge in [0.1, 0.15) is 5.82 Å². The zero-order chi connectivity index (χ0) is 10.1. The van der Waals surface area contributed by atoms with E-state index in [9.17, 15) is 12.8 Å². The Kier molecular flexibility index (Phi) is 3.16. The topological polar surface area (TPSA) is 34.1 Å². The van der Waals surface area contributed by atoms with Crippen LogP contribution in [0.3, 0.4) is 0 Å². The highest BCUT2D eigenvalue weighted by atomic mass is 35.7. The monoisotopic (exact) mass is 242 g/mol. The van der Waals surface area contributed by atoms with Gasteiger partial charge in [-0.1, -0.05) is 11.6 Å². The van der Waals surface area contributed by atoms with Crippen LogP contribution >= 0.6 is 22.3 Å². The minimum Gasteiger partial charge on any atom is -0.212 e. The average Bonchev–Trinajstić information content (AvgIpc) is 1.94. The van der Waals surface area contributed by atoms with E-state index in [2.05, 4.69) is 0 Å². The summed E-state index contributed by atoms with van der Waals surface area (Å²) in [5.41, 5.74) is -0.0255. The van der Waals surface area contributed by atoms with Crippen molar-refractivity contribution in [1.29, 1.82) is 0 Å². The Morgan fingerprint density at radius 2 is 2.00 bits per heavy atom. The van der Waals surface area contributed by atoms with Crippen molar-refractivity contribution < 1.29 is 12.8 Å². The standard InChI is InChI=1S/C7H5Cl2FO2S/c8-6-1-2-7(10)5(3-6)4-13(9,11)12/h1-3H,4H2. The van der Waals surface area contributed by atoms with Gasteiger partial charge in [0.2, 0.25) is 9.05 Å². The second-order valence-electron chi connectivity index (χ2n) is 2.42. The van der Waals surface area contributed by atoms with Crippen LogP contribution in [0, 0.1) is 5.82 Å². The Balaban J connectivity index is 3.08. The van der Waals surface area contributed by atoms with Crippen molar-refractivity contribution in [3.63, 3.8) is 0 Å². The first-order valence-electron chi connectivity index (χ1n) is 3.25. The molecule has 13 heavy (non-hydrogen) atoms. The fourth-order valence-electron chi connectivity index (χ4n) is 0.840. The van der Waals surface area contributed by atoms with Gasteiger partial charge in [0.15, 0.2) is 0 Å². The summed E-state index contributed by atoms with van der Waals surface area (Å²) >= 11 is 5.54. The van der Waals surface area contributed by atoms with Crippen LogP contribution in [-0.2, 0) is 14.8 Å². The lowest BCUT2D eigenvalue weighted by Gasteiger charge is -2.00. The lowest BCUT2D eigenvalue weighted by Crippen LogP contribution is -1.97. The van der Waals surface area contributed by atoms with Crippen molar-refractivity contribution in [3.8, 4) is 0 Å². The van der Waals surface area contributed by atoms with E-state index < -0.39 is 20.6 Å². The Morgan fingerprint density at radius 1 is 1.38 bits per heavy atom. The molecule has 0 bridgehead atoms. The van der Waals surface area contributed by atoms with Crippen LogP contribution in [0.25, 0.3) is 0 Å². The van der Waals surface area contributed by atoms with Gasteiger partial charge in [-0.3, -0.25) is 0 Å². The molecule has 0 aliphatic rings. The Bertz CT molecular complexity index is 417.